The Kier molecular flexibility index (Phi) is 3.50. The van der Waals surface area contributed by atoms with Crippen molar-refractivity contribution in [3.8, 4) is 5.75 Å². The Morgan fingerprint density at radius 3 is 2.65 bits per heavy atom. The highest BCUT2D eigenvalue weighted by atomic mass is 16.5. The number of rotatable bonds is 4. The Morgan fingerprint density at radius 1 is 1.18 bits per heavy atom. The molecule has 17 heavy (non-hydrogen) atoms. The molecule has 0 fully saturated rings. The van der Waals surface area contributed by atoms with E-state index in [-0.39, 0.29) is 0 Å². The van der Waals surface area contributed by atoms with Gasteiger partial charge in [-0.25, -0.2) is 4.98 Å². The minimum Gasteiger partial charge on any atom is -0.487 e. The summed E-state index contributed by atoms with van der Waals surface area (Å²) in [6.45, 7) is 2.28. The molecule has 0 saturated heterocycles. The number of ether oxygens (including phenoxy) is 1. The molecule has 0 N–H and O–H groups in total. The van der Waals surface area contributed by atoms with E-state index in [9.17, 15) is 4.79 Å². The van der Waals surface area contributed by atoms with E-state index in [4.69, 9.17) is 4.74 Å². The monoisotopic (exact) mass is 227 g/mol. The first-order chi connectivity index (χ1) is 8.29. The van der Waals surface area contributed by atoms with Crippen LogP contribution in [0.2, 0.25) is 0 Å². The summed E-state index contributed by atoms with van der Waals surface area (Å²) in [5.74, 6) is 0.523. The molecule has 0 atom stereocenters. The van der Waals surface area contributed by atoms with Gasteiger partial charge >= 0.3 is 0 Å². The van der Waals surface area contributed by atoms with Gasteiger partial charge in [-0.1, -0.05) is 30.3 Å². The predicted octanol–water partition coefficient (Wildman–Crippen LogP) is 2.78. The number of nitrogens with zero attached hydrogens (tertiary/aromatic N) is 1. The maximum absolute atomic E-state index is 10.8. The van der Waals surface area contributed by atoms with Crippen LogP contribution in [0, 0.1) is 6.92 Å². The van der Waals surface area contributed by atoms with Gasteiger partial charge in [-0.05, 0) is 24.6 Å². The van der Waals surface area contributed by atoms with Gasteiger partial charge in [0.25, 0.3) is 0 Å². The Morgan fingerprint density at radius 2 is 1.94 bits per heavy atom. The van der Waals surface area contributed by atoms with E-state index in [1.54, 1.807) is 6.07 Å². The summed E-state index contributed by atoms with van der Waals surface area (Å²) in [6, 6.07) is 13.4. The van der Waals surface area contributed by atoms with Crippen LogP contribution < -0.4 is 4.74 Å². The fourth-order valence-corrected chi connectivity index (χ4v) is 1.51. The summed E-state index contributed by atoms with van der Waals surface area (Å²) in [5.41, 5.74) is 2.21. The molecule has 1 aromatic carbocycles. The number of pyridine rings is 1. The van der Waals surface area contributed by atoms with Gasteiger partial charge < -0.3 is 4.74 Å². The van der Waals surface area contributed by atoms with Gasteiger partial charge in [-0.2, -0.15) is 0 Å². The van der Waals surface area contributed by atoms with E-state index < -0.39 is 0 Å². The highest BCUT2D eigenvalue weighted by Gasteiger charge is 2.04. The van der Waals surface area contributed by atoms with Crippen molar-refractivity contribution in [2.24, 2.45) is 0 Å². The largest absolute Gasteiger partial charge is 0.487 e. The van der Waals surface area contributed by atoms with Crippen molar-refractivity contribution in [3.05, 3.63) is 59.4 Å². The molecular weight excluding hydrogens is 214 g/mol. The topological polar surface area (TPSA) is 39.2 Å². The van der Waals surface area contributed by atoms with E-state index in [0.717, 1.165) is 11.3 Å². The molecule has 3 heteroatoms. The van der Waals surface area contributed by atoms with Crippen LogP contribution in [0.25, 0.3) is 0 Å². The summed E-state index contributed by atoms with van der Waals surface area (Å²) in [4.78, 5) is 15.0. The average Bonchev–Trinajstić information content (AvgIpc) is 2.38. The lowest BCUT2D eigenvalue weighted by Gasteiger charge is -2.08. The Hall–Kier alpha value is -2.16. The lowest BCUT2D eigenvalue weighted by atomic mass is 10.2. The van der Waals surface area contributed by atoms with Crippen molar-refractivity contribution in [1.29, 1.82) is 0 Å². The van der Waals surface area contributed by atoms with Crippen LogP contribution in [0.3, 0.4) is 0 Å². The first kappa shape index (κ1) is 11.3. The third-order valence-electron chi connectivity index (χ3n) is 2.37. The molecule has 3 nitrogen and oxygen atoms in total. The van der Waals surface area contributed by atoms with Gasteiger partial charge in [0.05, 0.1) is 0 Å². The van der Waals surface area contributed by atoms with E-state index >= 15 is 0 Å². The molecule has 0 unspecified atom stereocenters. The number of aromatic nitrogens is 1. The normalized spacial score (nSPS) is 9.94. The van der Waals surface area contributed by atoms with E-state index in [1.807, 2.05) is 43.3 Å². The second kappa shape index (κ2) is 5.25. The molecule has 0 amide bonds. The molecule has 1 heterocycles. The Labute approximate surface area is 100 Å². The molecule has 0 radical (unpaired) electrons. The number of carbonyl (C=O) groups excluding carboxylic acids is 1. The smallest absolute Gasteiger partial charge is 0.172 e. The number of benzene rings is 1. The average molecular weight is 227 g/mol. The first-order valence-electron chi connectivity index (χ1n) is 5.39. The molecule has 2 rings (SSSR count). The second-order valence-corrected chi connectivity index (χ2v) is 3.73. The van der Waals surface area contributed by atoms with Gasteiger partial charge in [0, 0.05) is 5.69 Å². The summed E-state index contributed by atoms with van der Waals surface area (Å²) in [5, 5.41) is 0. The number of carbonyl (C=O) groups is 1. The van der Waals surface area contributed by atoms with E-state index in [0.29, 0.717) is 24.3 Å². The highest BCUT2D eigenvalue weighted by molar-refractivity contribution is 5.76. The van der Waals surface area contributed by atoms with Crippen LogP contribution in [-0.2, 0) is 6.61 Å². The maximum atomic E-state index is 10.8. The lowest BCUT2D eigenvalue weighted by molar-refractivity contribution is 0.111. The van der Waals surface area contributed by atoms with Crippen LogP contribution in [0.4, 0.5) is 0 Å². The predicted molar refractivity (Wildman–Crippen MR) is 65.1 cm³/mol. The number of aryl methyl sites for hydroxylation is 1. The van der Waals surface area contributed by atoms with Crippen molar-refractivity contribution in [1.82, 2.24) is 4.98 Å². The maximum Gasteiger partial charge on any atom is 0.172 e. The minimum absolute atomic E-state index is 0.348. The third kappa shape index (κ3) is 2.91. The molecule has 0 bridgehead atoms. The standard InChI is InChI=1S/C14H13NO2/c1-11-7-8-14(13(9-16)15-11)17-10-12-5-3-2-4-6-12/h2-9H,10H2,1H3. The molecule has 1 aromatic heterocycles. The number of hydrogen-bond acceptors (Lipinski definition) is 3. The van der Waals surface area contributed by atoms with Crippen LogP contribution >= 0.6 is 0 Å². The fourth-order valence-electron chi connectivity index (χ4n) is 1.51. The van der Waals surface area contributed by atoms with Crippen LogP contribution in [0.1, 0.15) is 21.7 Å². The lowest BCUT2D eigenvalue weighted by Crippen LogP contribution is -2.00. The quantitative estimate of drug-likeness (QED) is 0.754. The SMILES string of the molecule is Cc1ccc(OCc2ccccc2)c(C=O)n1. The summed E-state index contributed by atoms with van der Waals surface area (Å²) >= 11 is 0. The number of hydrogen-bond donors (Lipinski definition) is 0. The third-order valence-corrected chi connectivity index (χ3v) is 2.37. The Balaban J connectivity index is 2.11. The molecular formula is C14H13NO2. The fraction of sp³-hybridized carbons (Fsp3) is 0.143. The number of aldehydes is 1. The molecule has 0 saturated carbocycles. The second-order valence-electron chi connectivity index (χ2n) is 3.73. The molecule has 0 aliphatic rings. The van der Waals surface area contributed by atoms with Crippen LogP contribution in [-0.4, -0.2) is 11.3 Å². The van der Waals surface area contributed by atoms with Crippen molar-refractivity contribution >= 4 is 6.29 Å². The molecule has 86 valence electrons. The molecule has 2 aromatic rings. The van der Waals surface area contributed by atoms with Gasteiger partial charge in [-0.3, -0.25) is 4.79 Å². The molecule has 0 spiro atoms. The van der Waals surface area contributed by atoms with Crippen molar-refractivity contribution in [2.75, 3.05) is 0 Å². The van der Waals surface area contributed by atoms with Gasteiger partial charge in [0.2, 0.25) is 0 Å². The van der Waals surface area contributed by atoms with Gasteiger partial charge in [-0.15, -0.1) is 0 Å². The van der Waals surface area contributed by atoms with Crippen molar-refractivity contribution in [3.63, 3.8) is 0 Å². The zero-order valence-corrected chi connectivity index (χ0v) is 9.59. The summed E-state index contributed by atoms with van der Waals surface area (Å²) in [7, 11) is 0. The van der Waals surface area contributed by atoms with Crippen molar-refractivity contribution < 1.29 is 9.53 Å². The summed E-state index contributed by atoms with van der Waals surface area (Å²) in [6.07, 6.45) is 0.716. The van der Waals surface area contributed by atoms with Gasteiger partial charge in [0.1, 0.15) is 18.1 Å². The Bertz CT molecular complexity index is 509. The van der Waals surface area contributed by atoms with Crippen LogP contribution in [0.5, 0.6) is 5.75 Å². The van der Waals surface area contributed by atoms with Crippen LogP contribution in [0.15, 0.2) is 42.5 Å². The zero-order valence-electron chi connectivity index (χ0n) is 9.59. The minimum atomic E-state index is 0.348. The van der Waals surface area contributed by atoms with E-state index in [2.05, 4.69) is 4.98 Å². The molecule has 0 aliphatic heterocycles. The zero-order chi connectivity index (χ0) is 12.1. The van der Waals surface area contributed by atoms with Gasteiger partial charge in [0.15, 0.2) is 6.29 Å². The molecule has 0 aliphatic carbocycles. The van der Waals surface area contributed by atoms with Crippen molar-refractivity contribution in [2.45, 2.75) is 13.5 Å². The summed E-state index contributed by atoms with van der Waals surface area (Å²) < 4.78 is 5.58. The first-order valence-corrected chi connectivity index (χ1v) is 5.39. The highest BCUT2D eigenvalue weighted by Crippen LogP contribution is 2.16. The van der Waals surface area contributed by atoms with E-state index in [1.165, 1.54) is 0 Å².